The van der Waals surface area contributed by atoms with Gasteiger partial charge in [0.15, 0.2) is 24.6 Å². The number of aliphatic hydroxyl groups is 2. The van der Waals surface area contributed by atoms with E-state index in [0.717, 1.165) is 122 Å². The Morgan fingerprint density at radius 1 is 0.420 bits per heavy atom. The van der Waals surface area contributed by atoms with E-state index in [4.69, 9.17) is 23.7 Å². The number of rotatable bonds is 56. The van der Waals surface area contributed by atoms with E-state index in [2.05, 4.69) is 93.7 Å². The second kappa shape index (κ2) is 56.6. The maximum atomic E-state index is 13.2. The number of hydrogen-bond donors (Lipinski definition) is 3. The molecule has 3 N–H and O–H groups in total. The third-order valence-electron chi connectivity index (χ3n) is 14.7. The topological polar surface area (TPSA) is 175 Å². The Morgan fingerprint density at radius 3 is 1.20 bits per heavy atom. The first-order chi connectivity index (χ1) is 39.6. The number of allylic oxidation sites excluding steroid dienone is 12. The normalized spacial score (nSPS) is 18.2. The lowest BCUT2D eigenvalue weighted by atomic mass is 9.98. The summed E-state index contributed by atoms with van der Waals surface area (Å²) in [6.45, 7) is 5.88. The Bertz CT molecular complexity index is 1680. The molecule has 1 aliphatic rings. The van der Waals surface area contributed by atoms with Crippen molar-refractivity contribution < 1.29 is 58.2 Å². The molecule has 1 aliphatic heterocycles. The summed E-state index contributed by atoms with van der Waals surface area (Å²) in [6, 6.07) is 0. The fourth-order valence-corrected chi connectivity index (χ4v) is 9.70. The monoisotopic (exact) mass is 1140 g/mol. The van der Waals surface area contributed by atoms with Crippen molar-refractivity contribution in [2.45, 2.75) is 327 Å². The maximum Gasteiger partial charge on any atom is 0.335 e. The van der Waals surface area contributed by atoms with Crippen molar-refractivity contribution in [2.24, 2.45) is 0 Å². The van der Waals surface area contributed by atoms with Crippen LogP contribution < -0.4 is 0 Å². The molecule has 1 heterocycles. The minimum Gasteiger partial charge on any atom is -0.479 e. The number of unbranched alkanes of at least 4 members (excludes halogenated alkanes) is 30. The van der Waals surface area contributed by atoms with Gasteiger partial charge in [-0.1, -0.05) is 235 Å². The molecule has 0 aromatic carbocycles. The van der Waals surface area contributed by atoms with Crippen molar-refractivity contribution in [3.63, 3.8) is 0 Å². The zero-order valence-corrected chi connectivity index (χ0v) is 51.5. The zero-order chi connectivity index (χ0) is 58.9. The van der Waals surface area contributed by atoms with Gasteiger partial charge in [-0.25, -0.2) is 4.79 Å². The van der Waals surface area contributed by atoms with E-state index >= 15 is 0 Å². The Labute approximate surface area is 493 Å². The first kappa shape index (κ1) is 75.2. The van der Waals surface area contributed by atoms with Crippen molar-refractivity contribution >= 4 is 23.9 Å². The van der Waals surface area contributed by atoms with Crippen molar-refractivity contribution in [2.75, 3.05) is 13.2 Å². The number of carboxylic acid groups (broad SMARTS) is 1. The molecule has 0 bridgehead atoms. The number of aliphatic hydroxyl groups excluding tert-OH is 2. The van der Waals surface area contributed by atoms with Gasteiger partial charge in [0.25, 0.3) is 0 Å². The molecule has 1 fully saturated rings. The largest absolute Gasteiger partial charge is 0.479 e. The molecule has 81 heavy (non-hydrogen) atoms. The van der Waals surface area contributed by atoms with Crippen LogP contribution in [0.3, 0.4) is 0 Å². The molecule has 0 spiro atoms. The summed E-state index contributed by atoms with van der Waals surface area (Å²) in [5.74, 6) is -3.15. The number of carboxylic acids is 1. The van der Waals surface area contributed by atoms with Crippen molar-refractivity contribution in [3.8, 4) is 0 Å². The van der Waals surface area contributed by atoms with Crippen LogP contribution in [0, 0.1) is 0 Å². The van der Waals surface area contributed by atoms with Crippen LogP contribution in [0.4, 0.5) is 0 Å². The highest BCUT2D eigenvalue weighted by molar-refractivity contribution is 5.74. The number of carbonyl (C=O) groups excluding carboxylic acids is 3. The van der Waals surface area contributed by atoms with Gasteiger partial charge in [-0.3, -0.25) is 14.4 Å². The average Bonchev–Trinajstić information content (AvgIpc) is 3.53. The van der Waals surface area contributed by atoms with Crippen LogP contribution in [0.2, 0.25) is 0 Å². The minimum atomic E-state index is -1.91. The summed E-state index contributed by atoms with van der Waals surface area (Å²) in [6.07, 6.45) is 60.0. The van der Waals surface area contributed by atoms with Gasteiger partial charge in [-0.2, -0.15) is 0 Å². The summed E-state index contributed by atoms with van der Waals surface area (Å²) in [5, 5.41) is 31.6. The molecule has 12 heteroatoms. The van der Waals surface area contributed by atoms with E-state index in [1.807, 2.05) is 0 Å². The van der Waals surface area contributed by atoms with Gasteiger partial charge in [-0.15, -0.1) is 0 Å². The SMILES string of the molecule is CC/C=C\C/C=C\C/C=C\C/C=C\CCCCCCC(=O)OCC(COC1OC(C(=O)O)C(O)C(O)C1OC(=O)CCCCCCCCCCC/C=C\CCCCCCCC)OC(=O)CCCCCCC/C=C\CCCCCCCC. The smallest absolute Gasteiger partial charge is 0.335 e. The molecule has 0 aromatic heterocycles. The lowest BCUT2D eigenvalue weighted by Gasteiger charge is -2.40. The van der Waals surface area contributed by atoms with E-state index < -0.39 is 67.3 Å². The number of hydrogen-bond acceptors (Lipinski definition) is 11. The van der Waals surface area contributed by atoms with E-state index in [-0.39, 0.29) is 25.9 Å². The number of carbonyl (C=O) groups is 4. The predicted molar refractivity (Wildman–Crippen MR) is 331 cm³/mol. The molecule has 0 aromatic rings. The Kier molecular flexibility index (Phi) is 52.6. The standard InChI is InChI=1S/C69H118O12/c1-4-7-10-13-16-19-22-25-28-30-31-33-36-39-42-45-48-51-54-57-63(72)80-67-65(74)64(73)66(68(75)76)81-69(67)78-59-60(79-62(71)56-53-50-47-44-41-38-34-27-24-21-18-15-12-9-6-3)58-77-61(70)55-52-49-46-43-40-37-35-32-29-26-23-20-17-14-11-8-5-2/h8,11,17,20,25-29,34-35,37,60,64-67,69,73-74H,4-7,9-10,12-16,18-19,21-24,30-33,36,38-59H2,1-3H3,(H,75,76)/b11-8-,20-17-,28-25-,29-26-,34-27-,37-35-. The molecule has 6 unspecified atom stereocenters. The summed E-state index contributed by atoms with van der Waals surface area (Å²) >= 11 is 0. The summed E-state index contributed by atoms with van der Waals surface area (Å²) < 4.78 is 28.5. The molecule has 12 nitrogen and oxygen atoms in total. The first-order valence-electron chi connectivity index (χ1n) is 32.9. The summed E-state index contributed by atoms with van der Waals surface area (Å²) in [4.78, 5) is 51.3. The third kappa shape index (κ3) is 46.3. The van der Waals surface area contributed by atoms with Crippen LogP contribution in [-0.2, 0) is 42.9 Å². The Hall–Kier alpha value is -3.84. The van der Waals surface area contributed by atoms with Crippen LogP contribution in [0.1, 0.15) is 290 Å². The molecule has 6 atom stereocenters. The van der Waals surface area contributed by atoms with Gasteiger partial charge in [0.2, 0.25) is 0 Å². The fraction of sp³-hybridized carbons (Fsp3) is 0.768. The van der Waals surface area contributed by atoms with Crippen LogP contribution in [0.5, 0.6) is 0 Å². The molecular formula is C69H118O12. The number of esters is 3. The quantitative estimate of drug-likeness (QED) is 0.0228. The van der Waals surface area contributed by atoms with Crippen LogP contribution in [0.25, 0.3) is 0 Å². The minimum absolute atomic E-state index is 0.0542. The Balaban J connectivity index is 2.67. The van der Waals surface area contributed by atoms with Gasteiger partial charge >= 0.3 is 23.9 Å². The fourth-order valence-electron chi connectivity index (χ4n) is 9.70. The highest BCUT2D eigenvalue weighted by Crippen LogP contribution is 2.27. The van der Waals surface area contributed by atoms with Crippen molar-refractivity contribution in [1.29, 1.82) is 0 Å². The van der Waals surface area contributed by atoms with Gasteiger partial charge in [0, 0.05) is 19.3 Å². The predicted octanol–water partition coefficient (Wildman–Crippen LogP) is 17.7. The van der Waals surface area contributed by atoms with Gasteiger partial charge in [0.1, 0.15) is 18.8 Å². The van der Waals surface area contributed by atoms with Crippen molar-refractivity contribution in [3.05, 3.63) is 72.9 Å². The number of aliphatic carboxylic acids is 1. The van der Waals surface area contributed by atoms with Gasteiger partial charge < -0.3 is 39.0 Å². The second-order valence-electron chi connectivity index (χ2n) is 22.4. The molecular weight excluding hydrogens is 1020 g/mol. The summed E-state index contributed by atoms with van der Waals surface area (Å²) in [5.41, 5.74) is 0. The molecule has 0 radical (unpaired) electrons. The molecule has 0 amide bonds. The molecule has 0 saturated carbocycles. The lowest BCUT2D eigenvalue weighted by Crippen LogP contribution is -2.61. The zero-order valence-electron chi connectivity index (χ0n) is 51.5. The maximum absolute atomic E-state index is 13.2. The van der Waals surface area contributed by atoms with Crippen LogP contribution in [0.15, 0.2) is 72.9 Å². The van der Waals surface area contributed by atoms with E-state index in [0.29, 0.717) is 19.3 Å². The van der Waals surface area contributed by atoms with Gasteiger partial charge in [-0.05, 0) is 109 Å². The molecule has 1 rings (SSSR count). The third-order valence-corrected chi connectivity index (χ3v) is 14.7. The second-order valence-corrected chi connectivity index (χ2v) is 22.4. The van der Waals surface area contributed by atoms with E-state index in [1.54, 1.807) is 0 Å². The average molecular weight is 1140 g/mol. The summed E-state index contributed by atoms with van der Waals surface area (Å²) in [7, 11) is 0. The first-order valence-corrected chi connectivity index (χ1v) is 32.9. The molecule has 1 saturated heterocycles. The highest BCUT2D eigenvalue weighted by atomic mass is 16.7. The number of ether oxygens (including phenoxy) is 5. The van der Waals surface area contributed by atoms with E-state index in [1.165, 1.54) is 109 Å². The highest BCUT2D eigenvalue weighted by Gasteiger charge is 2.50. The van der Waals surface area contributed by atoms with E-state index in [9.17, 15) is 34.5 Å². The van der Waals surface area contributed by atoms with Crippen molar-refractivity contribution in [1.82, 2.24) is 0 Å². The van der Waals surface area contributed by atoms with Gasteiger partial charge in [0.05, 0.1) is 6.61 Å². The molecule has 0 aliphatic carbocycles. The molecule has 466 valence electrons. The lowest BCUT2D eigenvalue weighted by molar-refractivity contribution is -0.301. The van der Waals surface area contributed by atoms with Crippen LogP contribution in [-0.4, -0.2) is 89.2 Å². The van der Waals surface area contributed by atoms with Crippen LogP contribution >= 0.6 is 0 Å². The Morgan fingerprint density at radius 2 is 0.778 bits per heavy atom.